The van der Waals surface area contributed by atoms with Gasteiger partial charge >= 0.3 is 12.2 Å². The first-order chi connectivity index (χ1) is 20.1. The fourth-order valence-electron chi connectivity index (χ4n) is 4.39. The molecule has 2 aromatic heterocycles. The normalized spacial score (nSPS) is 12.4. The summed E-state index contributed by atoms with van der Waals surface area (Å²) in [5.41, 5.74) is 2.16. The fraction of sp³-hybridized carbons (Fsp3) is 0.333. The van der Waals surface area contributed by atoms with Crippen molar-refractivity contribution < 1.29 is 27.9 Å². The molecule has 216 valence electrons. The van der Waals surface area contributed by atoms with Gasteiger partial charge < -0.3 is 28.9 Å². The number of carbonyl (C=O) groups is 2. The molecule has 0 aliphatic rings. The Hall–Kier alpha value is -4.64. The Labute approximate surface area is 238 Å². The van der Waals surface area contributed by atoms with Gasteiger partial charge in [-0.1, -0.05) is 67.6 Å². The van der Waals surface area contributed by atoms with Crippen molar-refractivity contribution in [1.29, 1.82) is 0 Å². The summed E-state index contributed by atoms with van der Waals surface area (Å²) in [6, 6.07) is 19.4. The van der Waals surface area contributed by atoms with E-state index in [1.54, 1.807) is 0 Å². The largest absolute Gasteiger partial charge is 0.445 e. The second-order valence-electron chi connectivity index (χ2n) is 9.50. The van der Waals surface area contributed by atoms with Crippen LogP contribution in [0.5, 0.6) is 0 Å². The molecule has 0 spiro atoms. The first-order valence-corrected chi connectivity index (χ1v) is 13.5. The highest BCUT2D eigenvalue weighted by molar-refractivity contribution is 5.68. The van der Waals surface area contributed by atoms with Crippen LogP contribution in [0.4, 0.5) is 9.59 Å². The molecule has 4 rings (SSSR count). The molecule has 0 aliphatic carbocycles. The molecule has 2 atom stereocenters. The van der Waals surface area contributed by atoms with Crippen molar-refractivity contribution >= 4 is 12.2 Å². The van der Waals surface area contributed by atoms with Gasteiger partial charge in [-0.15, -0.1) is 0 Å². The lowest BCUT2D eigenvalue weighted by atomic mass is 10.0. The SMILES string of the molecule is CCN(C[C@@H](Cc1ccccc1)NC(=O)OCc1cnco1)C[C@@H](Cc1ccccc1)NC(=O)OCc1cnco1. The minimum absolute atomic E-state index is 0.0133. The number of nitrogens with zero attached hydrogens (tertiary/aromatic N) is 3. The van der Waals surface area contributed by atoms with Crippen LogP contribution in [0.15, 0.2) is 94.7 Å². The van der Waals surface area contributed by atoms with E-state index >= 15 is 0 Å². The maximum absolute atomic E-state index is 12.7. The van der Waals surface area contributed by atoms with Crippen LogP contribution in [0, 0.1) is 0 Å². The van der Waals surface area contributed by atoms with Crippen molar-refractivity contribution in [2.75, 3.05) is 19.6 Å². The summed E-state index contributed by atoms with van der Waals surface area (Å²) in [6.07, 6.45) is 5.70. The van der Waals surface area contributed by atoms with E-state index in [9.17, 15) is 9.59 Å². The quantitative estimate of drug-likeness (QED) is 0.217. The topological polar surface area (TPSA) is 132 Å². The highest BCUT2D eigenvalue weighted by Crippen LogP contribution is 2.10. The average Bonchev–Trinajstić information content (AvgIpc) is 3.70. The minimum atomic E-state index is -0.548. The predicted octanol–water partition coefficient (Wildman–Crippen LogP) is 4.36. The zero-order chi connectivity index (χ0) is 28.7. The third kappa shape index (κ3) is 10.5. The Balaban J connectivity index is 1.41. The lowest BCUT2D eigenvalue weighted by Gasteiger charge is -2.30. The summed E-state index contributed by atoms with van der Waals surface area (Å²) in [5, 5.41) is 6.00. The van der Waals surface area contributed by atoms with Gasteiger partial charge in [-0.05, 0) is 30.5 Å². The smallest absolute Gasteiger partial charge is 0.407 e. The van der Waals surface area contributed by atoms with Crippen molar-refractivity contribution in [1.82, 2.24) is 25.5 Å². The molecular formula is C30H35N5O6. The van der Waals surface area contributed by atoms with Crippen molar-refractivity contribution in [3.05, 3.63) is 108 Å². The lowest BCUT2D eigenvalue weighted by molar-refractivity contribution is 0.119. The molecule has 0 radical (unpaired) electrons. The van der Waals surface area contributed by atoms with E-state index in [-0.39, 0.29) is 25.3 Å². The Morgan fingerprint density at radius 2 is 1.20 bits per heavy atom. The number of carbonyl (C=O) groups excluding carboxylic acids is 2. The van der Waals surface area contributed by atoms with Crippen LogP contribution in [0.3, 0.4) is 0 Å². The van der Waals surface area contributed by atoms with Crippen LogP contribution in [0.2, 0.25) is 0 Å². The van der Waals surface area contributed by atoms with Crippen molar-refractivity contribution in [3.63, 3.8) is 0 Å². The van der Waals surface area contributed by atoms with Gasteiger partial charge in [-0.2, -0.15) is 0 Å². The molecule has 0 unspecified atom stereocenters. The van der Waals surface area contributed by atoms with Crippen molar-refractivity contribution in [2.24, 2.45) is 0 Å². The number of amides is 2. The summed E-state index contributed by atoms with van der Waals surface area (Å²) >= 11 is 0. The molecule has 4 aromatic rings. The number of aromatic nitrogens is 2. The summed E-state index contributed by atoms with van der Waals surface area (Å²) in [4.78, 5) is 35.2. The first-order valence-electron chi connectivity index (χ1n) is 13.5. The highest BCUT2D eigenvalue weighted by Gasteiger charge is 2.22. The second-order valence-corrected chi connectivity index (χ2v) is 9.50. The first kappa shape index (κ1) is 29.3. The maximum atomic E-state index is 12.7. The summed E-state index contributed by atoms with van der Waals surface area (Å²) in [7, 11) is 0. The Kier molecular flexibility index (Phi) is 11.3. The van der Waals surface area contributed by atoms with Gasteiger partial charge in [0.2, 0.25) is 0 Å². The van der Waals surface area contributed by atoms with E-state index < -0.39 is 12.2 Å². The van der Waals surface area contributed by atoms with E-state index in [4.69, 9.17) is 18.3 Å². The Morgan fingerprint density at radius 3 is 1.56 bits per heavy atom. The van der Waals surface area contributed by atoms with E-state index in [2.05, 4.69) is 25.5 Å². The van der Waals surface area contributed by atoms with E-state index in [0.29, 0.717) is 44.0 Å². The fourth-order valence-corrected chi connectivity index (χ4v) is 4.39. The molecule has 2 N–H and O–H groups in total. The van der Waals surface area contributed by atoms with Crippen LogP contribution >= 0.6 is 0 Å². The predicted molar refractivity (Wildman–Crippen MR) is 150 cm³/mol. The Bertz CT molecular complexity index is 1190. The van der Waals surface area contributed by atoms with Gasteiger partial charge in [-0.25, -0.2) is 19.6 Å². The number of oxazole rings is 2. The Morgan fingerprint density at radius 1 is 0.756 bits per heavy atom. The number of hydrogen-bond acceptors (Lipinski definition) is 9. The van der Waals surface area contributed by atoms with Gasteiger partial charge in [0.1, 0.15) is 0 Å². The van der Waals surface area contributed by atoms with Crippen LogP contribution in [-0.2, 0) is 35.5 Å². The van der Waals surface area contributed by atoms with Crippen LogP contribution in [-0.4, -0.2) is 58.8 Å². The van der Waals surface area contributed by atoms with E-state index in [1.807, 2.05) is 67.6 Å². The number of likely N-dealkylation sites (N-methyl/N-ethyl adjacent to an activating group) is 1. The molecule has 2 amide bonds. The molecule has 11 heteroatoms. The molecule has 11 nitrogen and oxygen atoms in total. The van der Waals surface area contributed by atoms with E-state index in [0.717, 1.165) is 11.1 Å². The number of alkyl carbamates (subject to hydrolysis) is 2. The van der Waals surface area contributed by atoms with Gasteiger partial charge in [0, 0.05) is 25.2 Å². The molecule has 0 bridgehead atoms. The molecule has 2 heterocycles. The third-order valence-electron chi connectivity index (χ3n) is 6.36. The molecule has 0 saturated heterocycles. The molecule has 0 aliphatic heterocycles. The molecule has 0 fully saturated rings. The maximum Gasteiger partial charge on any atom is 0.407 e. The number of nitrogens with one attached hydrogen (secondary N) is 2. The number of hydrogen-bond donors (Lipinski definition) is 2. The van der Waals surface area contributed by atoms with Crippen LogP contribution in [0.25, 0.3) is 0 Å². The van der Waals surface area contributed by atoms with Gasteiger partial charge in [0.15, 0.2) is 37.5 Å². The van der Waals surface area contributed by atoms with Crippen molar-refractivity contribution in [2.45, 2.75) is 45.1 Å². The summed E-state index contributed by atoms with van der Waals surface area (Å²) in [6.45, 7) is 3.77. The van der Waals surface area contributed by atoms with Gasteiger partial charge in [-0.3, -0.25) is 4.90 Å². The van der Waals surface area contributed by atoms with Crippen LogP contribution < -0.4 is 10.6 Å². The molecular weight excluding hydrogens is 526 g/mol. The summed E-state index contributed by atoms with van der Waals surface area (Å²) in [5.74, 6) is 0.917. The van der Waals surface area contributed by atoms with Crippen LogP contribution in [0.1, 0.15) is 29.6 Å². The summed E-state index contributed by atoms with van der Waals surface area (Å²) < 4.78 is 21.0. The zero-order valence-corrected chi connectivity index (χ0v) is 23.0. The van der Waals surface area contributed by atoms with Crippen molar-refractivity contribution in [3.8, 4) is 0 Å². The minimum Gasteiger partial charge on any atom is -0.445 e. The number of ether oxygens (including phenoxy) is 2. The standard InChI is InChI=1S/C30H35N5O6/c1-2-35(17-25(13-23-9-5-3-6-10-23)33-29(36)38-19-27-15-31-21-40-27)18-26(14-24-11-7-4-8-12-24)34-30(37)39-20-28-16-32-22-41-28/h3-12,15-16,21-22,25-26H,2,13-14,17-20H2,1H3,(H,33,36)(H,34,37)/t25-,26-/m1/s1. The molecule has 0 saturated carbocycles. The highest BCUT2D eigenvalue weighted by atomic mass is 16.6. The monoisotopic (exact) mass is 561 g/mol. The second kappa shape index (κ2) is 15.8. The third-order valence-corrected chi connectivity index (χ3v) is 6.36. The average molecular weight is 562 g/mol. The van der Waals surface area contributed by atoms with Gasteiger partial charge in [0.05, 0.1) is 12.4 Å². The number of rotatable bonds is 15. The van der Waals surface area contributed by atoms with Gasteiger partial charge in [0.25, 0.3) is 0 Å². The molecule has 41 heavy (non-hydrogen) atoms. The lowest BCUT2D eigenvalue weighted by Crippen LogP contribution is -2.50. The van der Waals surface area contributed by atoms with E-state index in [1.165, 1.54) is 25.2 Å². The number of benzene rings is 2. The zero-order valence-electron chi connectivity index (χ0n) is 23.0. The molecule has 2 aromatic carbocycles.